The molecule has 2 aromatic rings. The summed E-state index contributed by atoms with van der Waals surface area (Å²) in [5.74, 6) is -1.15. The second-order valence-electron chi connectivity index (χ2n) is 4.39. The van der Waals surface area contributed by atoms with Gasteiger partial charge in [-0.15, -0.1) is 0 Å². The number of nitrogens with one attached hydrogen (secondary N) is 1. The minimum absolute atomic E-state index is 0.362. The van der Waals surface area contributed by atoms with Gasteiger partial charge in [-0.05, 0) is 43.3 Å². The SMILES string of the molecule is CNC(c1cc(Cl)ccc1C)c1ccc(F)cc1F. The fraction of sp³-hybridized carbons (Fsp3) is 0.200. The maximum atomic E-state index is 13.9. The van der Waals surface area contributed by atoms with Crippen LogP contribution in [0.1, 0.15) is 22.7 Å². The van der Waals surface area contributed by atoms with Crippen molar-refractivity contribution in [2.24, 2.45) is 0 Å². The van der Waals surface area contributed by atoms with Crippen LogP contribution in [0.4, 0.5) is 8.78 Å². The molecule has 2 rings (SSSR count). The van der Waals surface area contributed by atoms with Crippen molar-refractivity contribution in [2.75, 3.05) is 7.05 Å². The average molecular weight is 282 g/mol. The van der Waals surface area contributed by atoms with Crippen molar-refractivity contribution in [3.8, 4) is 0 Å². The molecule has 0 heterocycles. The predicted octanol–water partition coefficient (Wildman–Crippen LogP) is 4.24. The third-order valence-corrected chi connectivity index (χ3v) is 3.35. The molecule has 0 saturated carbocycles. The van der Waals surface area contributed by atoms with Crippen molar-refractivity contribution in [1.29, 1.82) is 0 Å². The molecule has 0 bridgehead atoms. The lowest BCUT2D eigenvalue weighted by molar-refractivity contribution is 0.551. The molecule has 2 aromatic carbocycles. The highest BCUT2D eigenvalue weighted by Gasteiger charge is 2.18. The number of benzene rings is 2. The predicted molar refractivity (Wildman–Crippen MR) is 73.4 cm³/mol. The Morgan fingerprint density at radius 2 is 1.79 bits per heavy atom. The van der Waals surface area contributed by atoms with Gasteiger partial charge < -0.3 is 5.32 Å². The van der Waals surface area contributed by atoms with Crippen LogP contribution in [0.15, 0.2) is 36.4 Å². The van der Waals surface area contributed by atoms with E-state index in [2.05, 4.69) is 5.32 Å². The van der Waals surface area contributed by atoms with E-state index in [4.69, 9.17) is 11.6 Å². The van der Waals surface area contributed by atoms with Gasteiger partial charge in [0.15, 0.2) is 0 Å². The molecule has 0 aromatic heterocycles. The molecule has 0 amide bonds. The molecule has 0 fully saturated rings. The van der Waals surface area contributed by atoms with Crippen molar-refractivity contribution in [3.63, 3.8) is 0 Å². The lowest BCUT2D eigenvalue weighted by Crippen LogP contribution is -2.20. The largest absolute Gasteiger partial charge is 0.309 e. The third-order valence-electron chi connectivity index (χ3n) is 3.11. The van der Waals surface area contributed by atoms with Crippen LogP contribution in [0.3, 0.4) is 0 Å². The lowest BCUT2D eigenvalue weighted by Gasteiger charge is -2.20. The van der Waals surface area contributed by atoms with Gasteiger partial charge in [0, 0.05) is 16.7 Å². The first kappa shape index (κ1) is 14.0. The molecular weight excluding hydrogens is 268 g/mol. The standard InChI is InChI=1S/C15H14ClF2N/c1-9-3-4-10(16)7-13(9)15(19-2)12-6-5-11(17)8-14(12)18/h3-8,15,19H,1-2H3. The van der Waals surface area contributed by atoms with Crippen molar-refractivity contribution >= 4 is 11.6 Å². The van der Waals surface area contributed by atoms with Crippen LogP contribution in [0.25, 0.3) is 0 Å². The van der Waals surface area contributed by atoms with E-state index in [9.17, 15) is 8.78 Å². The summed E-state index contributed by atoms with van der Waals surface area (Å²) >= 11 is 5.99. The Labute approximate surface area is 116 Å². The molecule has 100 valence electrons. The van der Waals surface area contributed by atoms with Crippen molar-refractivity contribution in [2.45, 2.75) is 13.0 Å². The van der Waals surface area contributed by atoms with Crippen molar-refractivity contribution in [3.05, 3.63) is 69.7 Å². The fourth-order valence-electron chi connectivity index (χ4n) is 2.14. The number of rotatable bonds is 3. The maximum absolute atomic E-state index is 13.9. The van der Waals surface area contributed by atoms with E-state index >= 15 is 0 Å². The van der Waals surface area contributed by atoms with Gasteiger partial charge in [-0.25, -0.2) is 8.78 Å². The molecule has 1 unspecified atom stereocenters. The first-order valence-corrected chi connectivity index (χ1v) is 6.29. The van der Waals surface area contributed by atoms with Crippen molar-refractivity contribution in [1.82, 2.24) is 5.32 Å². The normalized spacial score (nSPS) is 12.5. The van der Waals surface area contributed by atoms with E-state index < -0.39 is 11.6 Å². The van der Waals surface area contributed by atoms with Gasteiger partial charge in [-0.3, -0.25) is 0 Å². The molecule has 0 aliphatic heterocycles. The van der Waals surface area contributed by atoms with E-state index in [1.54, 1.807) is 19.2 Å². The second kappa shape index (κ2) is 5.68. The molecule has 0 radical (unpaired) electrons. The van der Waals surface area contributed by atoms with Crippen LogP contribution in [-0.4, -0.2) is 7.05 Å². The number of halogens is 3. The molecule has 1 N–H and O–H groups in total. The summed E-state index contributed by atoms with van der Waals surface area (Å²) in [6, 6.07) is 8.69. The van der Waals surface area contributed by atoms with Gasteiger partial charge in [-0.1, -0.05) is 23.7 Å². The van der Waals surface area contributed by atoms with Crippen LogP contribution >= 0.6 is 11.6 Å². The van der Waals surface area contributed by atoms with Crippen LogP contribution in [0.5, 0.6) is 0 Å². The van der Waals surface area contributed by atoms with Gasteiger partial charge in [0.25, 0.3) is 0 Å². The highest BCUT2D eigenvalue weighted by Crippen LogP contribution is 2.29. The minimum Gasteiger partial charge on any atom is -0.309 e. The molecule has 0 aliphatic carbocycles. The van der Waals surface area contributed by atoms with Gasteiger partial charge in [0.1, 0.15) is 11.6 Å². The summed E-state index contributed by atoms with van der Waals surface area (Å²) < 4.78 is 26.9. The number of hydrogen-bond acceptors (Lipinski definition) is 1. The monoisotopic (exact) mass is 281 g/mol. The zero-order valence-electron chi connectivity index (χ0n) is 10.7. The first-order chi connectivity index (χ1) is 9.02. The van der Waals surface area contributed by atoms with Gasteiger partial charge in [0.2, 0.25) is 0 Å². The van der Waals surface area contributed by atoms with Crippen LogP contribution in [-0.2, 0) is 0 Å². The summed E-state index contributed by atoms with van der Waals surface area (Å²) in [5, 5.41) is 3.63. The molecule has 19 heavy (non-hydrogen) atoms. The molecule has 4 heteroatoms. The smallest absolute Gasteiger partial charge is 0.131 e. The lowest BCUT2D eigenvalue weighted by atomic mass is 9.95. The van der Waals surface area contributed by atoms with E-state index in [0.29, 0.717) is 10.6 Å². The molecule has 0 saturated heterocycles. The Morgan fingerprint density at radius 1 is 1.05 bits per heavy atom. The molecule has 1 atom stereocenters. The summed E-state index contributed by atoms with van der Waals surface area (Å²) in [4.78, 5) is 0. The Balaban J connectivity index is 2.52. The van der Waals surface area contributed by atoms with E-state index in [1.165, 1.54) is 12.1 Å². The minimum atomic E-state index is -0.584. The van der Waals surface area contributed by atoms with Crippen LogP contribution < -0.4 is 5.32 Å². The number of hydrogen-bond donors (Lipinski definition) is 1. The Kier molecular flexibility index (Phi) is 4.17. The summed E-state index contributed by atoms with van der Waals surface area (Å²) in [6.07, 6.45) is 0. The zero-order valence-corrected chi connectivity index (χ0v) is 11.4. The highest BCUT2D eigenvalue weighted by molar-refractivity contribution is 6.30. The second-order valence-corrected chi connectivity index (χ2v) is 4.82. The van der Waals surface area contributed by atoms with Gasteiger partial charge >= 0.3 is 0 Å². The van der Waals surface area contributed by atoms with E-state index in [-0.39, 0.29) is 6.04 Å². The molecule has 0 spiro atoms. The Hall–Kier alpha value is -1.45. The Morgan fingerprint density at radius 3 is 2.42 bits per heavy atom. The summed E-state index contributed by atoms with van der Waals surface area (Å²) in [6.45, 7) is 1.93. The van der Waals surface area contributed by atoms with Gasteiger partial charge in [-0.2, -0.15) is 0 Å². The number of aryl methyl sites for hydroxylation is 1. The van der Waals surface area contributed by atoms with Gasteiger partial charge in [0.05, 0.1) is 6.04 Å². The summed E-state index contributed by atoms with van der Waals surface area (Å²) in [7, 11) is 1.73. The topological polar surface area (TPSA) is 12.0 Å². The maximum Gasteiger partial charge on any atom is 0.131 e. The fourth-order valence-corrected chi connectivity index (χ4v) is 2.32. The highest BCUT2D eigenvalue weighted by atomic mass is 35.5. The molecule has 1 nitrogen and oxygen atoms in total. The van der Waals surface area contributed by atoms with Crippen molar-refractivity contribution < 1.29 is 8.78 Å². The molecule has 0 aliphatic rings. The first-order valence-electron chi connectivity index (χ1n) is 5.91. The van der Waals surface area contributed by atoms with E-state index in [1.807, 2.05) is 13.0 Å². The van der Waals surface area contributed by atoms with E-state index in [0.717, 1.165) is 17.2 Å². The quantitative estimate of drug-likeness (QED) is 0.887. The molecular formula is C15H14ClF2N. The Bertz CT molecular complexity index is 599. The summed E-state index contributed by atoms with van der Waals surface area (Å²) in [5.41, 5.74) is 2.27. The van der Waals surface area contributed by atoms with Crippen LogP contribution in [0.2, 0.25) is 5.02 Å². The average Bonchev–Trinajstić information content (AvgIpc) is 2.36. The zero-order chi connectivity index (χ0) is 14.0. The van der Waals surface area contributed by atoms with Crippen LogP contribution in [0, 0.1) is 18.6 Å². The third kappa shape index (κ3) is 2.94.